The number of hydrazone groups is 1. The third-order valence-corrected chi connectivity index (χ3v) is 7.41. The molecule has 6 nitrogen and oxygen atoms in total. The van der Waals surface area contributed by atoms with Gasteiger partial charge in [0.05, 0.1) is 35.8 Å². The van der Waals surface area contributed by atoms with Crippen LogP contribution in [0.4, 0.5) is 0 Å². The van der Waals surface area contributed by atoms with E-state index in [0.717, 1.165) is 27.0 Å². The minimum atomic E-state index is -0.224. The number of benzene rings is 1. The first-order valence-corrected chi connectivity index (χ1v) is 10.1. The molecule has 3 aliphatic carbocycles. The molecule has 4 aliphatic rings. The Bertz CT molecular complexity index is 887. The zero-order chi connectivity index (χ0) is 18.9. The van der Waals surface area contributed by atoms with E-state index < -0.39 is 0 Å². The van der Waals surface area contributed by atoms with Gasteiger partial charge in [-0.05, 0) is 70.4 Å². The van der Waals surface area contributed by atoms with Crippen molar-refractivity contribution in [1.29, 1.82) is 0 Å². The van der Waals surface area contributed by atoms with E-state index in [1.54, 1.807) is 26.5 Å². The summed E-state index contributed by atoms with van der Waals surface area (Å²) in [5.74, 6) is 0.905. The van der Waals surface area contributed by atoms with Crippen molar-refractivity contribution in [2.45, 2.75) is 12.8 Å². The summed E-state index contributed by atoms with van der Waals surface area (Å²) in [6.45, 7) is 0. The molecule has 0 unspecified atom stereocenters. The number of amides is 2. The number of carbonyl (C=O) groups excluding carboxylic acids is 2. The molecular formula is C20H19IN2O4. The van der Waals surface area contributed by atoms with Crippen molar-refractivity contribution in [3.8, 4) is 11.5 Å². The van der Waals surface area contributed by atoms with Crippen LogP contribution >= 0.6 is 22.6 Å². The number of allylic oxidation sites excluding steroid dienone is 2. The lowest BCUT2D eigenvalue weighted by Gasteiger charge is -2.18. The van der Waals surface area contributed by atoms with Gasteiger partial charge in [-0.2, -0.15) is 10.1 Å². The van der Waals surface area contributed by atoms with Gasteiger partial charge in [0.25, 0.3) is 11.8 Å². The zero-order valence-electron chi connectivity index (χ0n) is 15.0. The second-order valence-electron chi connectivity index (χ2n) is 7.69. The lowest BCUT2D eigenvalue weighted by molar-refractivity contribution is -0.141. The monoisotopic (exact) mass is 478 g/mol. The topological polar surface area (TPSA) is 68.2 Å². The Balaban J connectivity index is 1.42. The first-order chi connectivity index (χ1) is 13.0. The number of methoxy groups -OCH3 is 2. The Labute approximate surface area is 170 Å². The van der Waals surface area contributed by atoms with Gasteiger partial charge >= 0.3 is 0 Å². The molecular weight excluding hydrogens is 459 g/mol. The summed E-state index contributed by atoms with van der Waals surface area (Å²) in [6, 6.07) is 3.66. The Morgan fingerprint density at radius 3 is 2.26 bits per heavy atom. The largest absolute Gasteiger partial charge is 0.493 e. The van der Waals surface area contributed by atoms with E-state index in [0.29, 0.717) is 11.5 Å². The molecule has 1 saturated heterocycles. The lowest BCUT2D eigenvalue weighted by Crippen LogP contribution is -2.30. The van der Waals surface area contributed by atoms with Gasteiger partial charge in [0.15, 0.2) is 11.5 Å². The fourth-order valence-electron chi connectivity index (χ4n) is 5.31. The van der Waals surface area contributed by atoms with Crippen LogP contribution in [0.15, 0.2) is 29.4 Å². The number of hydrogen-bond acceptors (Lipinski definition) is 5. The molecule has 2 amide bonds. The van der Waals surface area contributed by atoms with Gasteiger partial charge in [0, 0.05) is 0 Å². The number of fused-ring (bicyclic) bond motifs is 3. The van der Waals surface area contributed by atoms with Gasteiger partial charge in [0.2, 0.25) is 0 Å². The predicted molar refractivity (Wildman–Crippen MR) is 106 cm³/mol. The van der Waals surface area contributed by atoms with Crippen molar-refractivity contribution in [1.82, 2.24) is 5.01 Å². The molecule has 0 aromatic heterocycles. The minimum Gasteiger partial charge on any atom is -0.493 e. The SMILES string of the molecule is COc1cc(/C=N\N2C(=O)[C@@H]3[C@H](C2=O)[C@H]2C=C[C@H]3C23CC3)cc(I)c1OC. The molecule has 7 heteroatoms. The molecule has 0 N–H and O–H groups in total. The predicted octanol–water partition coefficient (Wildman–Crippen LogP) is 2.84. The van der Waals surface area contributed by atoms with Crippen LogP contribution in [0.3, 0.4) is 0 Å². The Morgan fingerprint density at radius 2 is 1.74 bits per heavy atom. The number of rotatable bonds is 4. The van der Waals surface area contributed by atoms with Crippen molar-refractivity contribution in [3.05, 3.63) is 33.4 Å². The van der Waals surface area contributed by atoms with E-state index >= 15 is 0 Å². The van der Waals surface area contributed by atoms with Crippen molar-refractivity contribution in [2.24, 2.45) is 34.2 Å². The molecule has 4 atom stereocenters. The highest BCUT2D eigenvalue weighted by atomic mass is 127. The molecule has 1 aromatic rings. The number of hydrogen-bond donors (Lipinski definition) is 0. The number of carbonyl (C=O) groups is 2. The molecule has 27 heavy (non-hydrogen) atoms. The van der Waals surface area contributed by atoms with E-state index in [4.69, 9.17) is 9.47 Å². The van der Waals surface area contributed by atoms with Crippen molar-refractivity contribution in [3.63, 3.8) is 0 Å². The van der Waals surface area contributed by atoms with Gasteiger partial charge in [-0.25, -0.2) is 0 Å². The maximum atomic E-state index is 12.9. The molecule has 1 heterocycles. The molecule has 0 radical (unpaired) electrons. The normalized spacial score (nSPS) is 32.0. The average molecular weight is 478 g/mol. The smallest absolute Gasteiger partial charge is 0.254 e. The van der Waals surface area contributed by atoms with Gasteiger partial charge < -0.3 is 9.47 Å². The first-order valence-electron chi connectivity index (χ1n) is 9.03. The fourth-order valence-corrected chi connectivity index (χ4v) is 6.16. The summed E-state index contributed by atoms with van der Waals surface area (Å²) in [4.78, 5) is 25.9. The summed E-state index contributed by atoms with van der Waals surface area (Å²) in [5, 5.41) is 5.34. The average Bonchev–Trinajstić information content (AvgIpc) is 3.26. The summed E-state index contributed by atoms with van der Waals surface area (Å²) in [5.41, 5.74) is 0.949. The third-order valence-electron chi connectivity index (χ3n) is 6.61. The summed E-state index contributed by atoms with van der Waals surface area (Å²) < 4.78 is 11.6. The fraction of sp³-hybridized carbons (Fsp3) is 0.450. The summed E-state index contributed by atoms with van der Waals surface area (Å²) in [6.07, 6.45) is 8.14. The van der Waals surface area contributed by atoms with Crippen LogP contribution in [0.5, 0.6) is 11.5 Å². The summed E-state index contributed by atoms with van der Waals surface area (Å²) in [7, 11) is 3.16. The first kappa shape index (κ1) is 17.2. The Hall–Kier alpha value is -1.90. The molecule has 1 aromatic carbocycles. The minimum absolute atomic E-state index is 0.153. The van der Waals surface area contributed by atoms with Crippen molar-refractivity contribution in [2.75, 3.05) is 14.2 Å². The summed E-state index contributed by atoms with van der Waals surface area (Å²) >= 11 is 2.15. The van der Waals surface area contributed by atoms with Gasteiger partial charge in [-0.1, -0.05) is 12.2 Å². The van der Waals surface area contributed by atoms with E-state index in [2.05, 4.69) is 39.8 Å². The van der Waals surface area contributed by atoms with E-state index in [9.17, 15) is 9.59 Å². The second-order valence-corrected chi connectivity index (χ2v) is 8.85. The number of imide groups is 1. The van der Waals surface area contributed by atoms with Crippen LogP contribution in [0.2, 0.25) is 0 Å². The van der Waals surface area contributed by atoms with Crippen LogP contribution in [-0.2, 0) is 9.59 Å². The van der Waals surface area contributed by atoms with Crippen molar-refractivity contribution >= 4 is 40.6 Å². The Kier molecular flexibility index (Phi) is 3.70. The van der Waals surface area contributed by atoms with Gasteiger partial charge in [-0.15, -0.1) is 0 Å². The van der Waals surface area contributed by atoms with Crippen LogP contribution in [0.1, 0.15) is 18.4 Å². The van der Waals surface area contributed by atoms with E-state index in [-0.39, 0.29) is 40.9 Å². The van der Waals surface area contributed by atoms with Gasteiger partial charge in [-0.3, -0.25) is 9.59 Å². The van der Waals surface area contributed by atoms with Crippen LogP contribution in [-0.4, -0.2) is 37.3 Å². The molecule has 5 rings (SSSR count). The highest BCUT2D eigenvalue weighted by Gasteiger charge is 2.73. The maximum Gasteiger partial charge on any atom is 0.254 e. The highest BCUT2D eigenvalue weighted by Crippen LogP contribution is 2.73. The number of nitrogens with zero attached hydrogens (tertiary/aromatic N) is 2. The van der Waals surface area contributed by atoms with Crippen molar-refractivity contribution < 1.29 is 19.1 Å². The number of halogens is 1. The molecule has 2 bridgehead atoms. The van der Waals surface area contributed by atoms with Crippen LogP contribution in [0.25, 0.3) is 0 Å². The molecule has 2 saturated carbocycles. The van der Waals surface area contributed by atoms with Crippen LogP contribution < -0.4 is 9.47 Å². The molecule has 1 aliphatic heterocycles. The lowest BCUT2D eigenvalue weighted by atomic mass is 9.85. The second kappa shape index (κ2) is 5.80. The van der Waals surface area contributed by atoms with Gasteiger partial charge in [0.1, 0.15) is 0 Å². The quantitative estimate of drug-likeness (QED) is 0.289. The Morgan fingerprint density at radius 1 is 1.11 bits per heavy atom. The third kappa shape index (κ3) is 2.20. The highest BCUT2D eigenvalue weighted by molar-refractivity contribution is 14.1. The van der Waals surface area contributed by atoms with Crippen LogP contribution in [0, 0.1) is 32.7 Å². The number of ether oxygens (including phenoxy) is 2. The molecule has 140 valence electrons. The molecule has 3 fully saturated rings. The zero-order valence-corrected chi connectivity index (χ0v) is 17.2. The maximum absolute atomic E-state index is 12.9. The standard InChI is InChI=1S/C20H19IN2O4/c1-26-14-8-10(7-13(21)17(14)27-2)9-22-23-18(24)15-11-3-4-12(16(15)19(23)25)20(11)5-6-20/h3-4,7-9,11-12,15-16H,5-6H2,1-2H3/b22-9-/t11-,12-,15-,16+/m1/s1. The molecule has 1 spiro atoms. The van der Waals surface area contributed by atoms with E-state index in [1.807, 2.05) is 6.07 Å². The van der Waals surface area contributed by atoms with E-state index in [1.165, 1.54) is 0 Å².